The highest BCUT2D eigenvalue weighted by molar-refractivity contribution is 6.33. The lowest BCUT2D eigenvalue weighted by atomic mass is 10.3. The van der Waals surface area contributed by atoms with Gasteiger partial charge in [-0.2, -0.15) is 0 Å². The van der Waals surface area contributed by atoms with E-state index in [0.717, 1.165) is 11.4 Å². The van der Waals surface area contributed by atoms with E-state index in [1.807, 2.05) is 33.0 Å². The van der Waals surface area contributed by atoms with Crippen LogP contribution in [-0.2, 0) is 0 Å². The number of ether oxygens (including phenoxy) is 1. The molecule has 0 aromatic heterocycles. The van der Waals surface area contributed by atoms with Crippen LogP contribution >= 0.6 is 11.6 Å². The summed E-state index contributed by atoms with van der Waals surface area (Å²) >= 11 is 5.87. The fourth-order valence-electron chi connectivity index (χ4n) is 0.826. The molecule has 74 valence electrons. The third-order valence-corrected chi connectivity index (χ3v) is 1.76. The monoisotopic (exact) mass is 201 g/mol. The lowest BCUT2D eigenvalue weighted by Crippen LogP contribution is -1.89. The number of methoxy groups -OCH3 is 1. The Kier molecular flexibility index (Phi) is 6.15. The molecule has 0 saturated carbocycles. The molecule has 1 rings (SSSR count). The number of hydrogen-bond acceptors (Lipinski definition) is 2. The van der Waals surface area contributed by atoms with Crippen LogP contribution in [-0.4, -0.2) is 14.2 Å². The first-order valence-corrected chi connectivity index (χ1v) is 4.67. The third-order valence-electron chi connectivity index (χ3n) is 1.45. The summed E-state index contributed by atoms with van der Waals surface area (Å²) in [5.41, 5.74) is 0.910. The summed E-state index contributed by atoms with van der Waals surface area (Å²) in [6.45, 7) is 4.00. The Bertz CT molecular complexity index is 251. The smallest absolute Gasteiger partial charge is 0.120 e. The minimum absolute atomic E-state index is 0.673. The number of nitrogens with one attached hydrogen (secondary N) is 1. The van der Waals surface area contributed by atoms with Gasteiger partial charge < -0.3 is 10.1 Å². The maximum atomic E-state index is 5.87. The molecule has 0 amide bonds. The summed E-state index contributed by atoms with van der Waals surface area (Å²) < 4.78 is 4.98. The van der Waals surface area contributed by atoms with Crippen molar-refractivity contribution >= 4 is 17.3 Å². The van der Waals surface area contributed by atoms with Gasteiger partial charge in [0, 0.05) is 13.1 Å². The molecule has 0 aliphatic carbocycles. The minimum Gasteiger partial charge on any atom is -0.497 e. The molecule has 0 heterocycles. The van der Waals surface area contributed by atoms with Gasteiger partial charge in [0.25, 0.3) is 0 Å². The van der Waals surface area contributed by atoms with Gasteiger partial charge in [-0.1, -0.05) is 25.4 Å². The largest absolute Gasteiger partial charge is 0.497 e. The summed E-state index contributed by atoms with van der Waals surface area (Å²) in [7, 11) is 3.44. The summed E-state index contributed by atoms with van der Waals surface area (Å²) in [4.78, 5) is 0. The van der Waals surface area contributed by atoms with Crippen LogP contribution < -0.4 is 10.1 Å². The molecule has 0 fully saturated rings. The van der Waals surface area contributed by atoms with Gasteiger partial charge in [-0.3, -0.25) is 0 Å². The summed E-state index contributed by atoms with van der Waals surface area (Å²) in [5, 5.41) is 3.63. The van der Waals surface area contributed by atoms with Gasteiger partial charge in [0.15, 0.2) is 0 Å². The molecule has 0 aliphatic rings. The summed E-state index contributed by atoms with van der Waals surface area (Å²) in [6, 6.07) is 5.51. The van der Waals surface area contributed by atoms with Crippen molar-refractivity contribution in [2.45, 2.75) is 13.8 Å². The Hall–Kier alpha value is -0.890. The average molecular weight is 202 g/mol. The van der Waals surface area contributed by atoms with Crippen molar-refractivity contribution in [3.63, 3.8) is 0 Å². The van der Waals surface area contributed by atoms with Crippen LogP contribution in [0.5, 0.6) is 5.75 Å². The first-order chi connectivity index (χ1) is 6.27. The van der Waals surface area contributed by atoms with Gasteiger partial charge in [0.1, 0.15) is 5.75 Å². The molecule has 0 unspecified atom stereocenters. The third kappa shape index (κ3) is 3.55. The SMILES string of the molecule is CC.CNc1ccc(OC)cc1Cl. The van der Waals surface area contributed by atoms with E-state index in [1.165, 1.54) is 0 Å². The quantitative estimate of drug-likeness (QED) is 0.792. The van der Waals surface area contributed by atoms with Crippen molar-refractivity contribution in [3.8, 4) is 5.75 Å². The molecule has 0 aliphatic heterocycles. The maximum absolute atomic E-state index is 5.87. The number of anilines is 1. The molecule has 0 spiro atoms. The highest BCUT2D eigenvalue weighted by Gasteiger charge is 1.98. The van der Waals surface area contributed by atoms with E-state index in [0.29, 0.717) is 5.02 Å². The standard InChI is InChI=1S/C8H10ClNO.C2H6/c1-10-8-4-3-6(11-2)5-7(8)9;1-2/h3-5,10H,1-2H3;1-2H3. The van der Waals surface area contributed by atoms with Crippen molar-refractivity contribution < 1.29 is 4.74 Å². The lowest BCUT2D eigenvalue weighted by molar-refractivity contribution is 0.415. The summed E-state index contributed by atoms with van der Waals surface area (Å²) in [5.74, 6) is 0.772. The van der Waals surface area contributed by atoms with E-state index in [9.17, 15) is 0 Å². The Balaban J connectivity index is 0.000000671. The number of halogens is 1. The molecule has 2 nitrogen and oxygen atoms in total. The van der Waals surface area contributed by atoms with Gasteiger partial charge in [-0.25, -0.2) is 0 Å². The van der Waals surface area contributed by atoms with Gasteiger partial charge in [0.2, 0.25) is 0 Å². The fraction of sp³-hybridized carbons (Fsp3) is 0.400. The van der Waals surface area contributed by atoms with E-state index in [4.69, 9.17) is 16.3 Å². The summed E-state index contributed by atoms with van der Waals surface area (Å²) in [6.07, 6.45) is 0. The van der Waals surface area contributed by atoms with Crippen molar-refractivity contribution in [1.82, 2.24) is 0 Å². The second kappa shape index (κ2) is 6.61. The molecule has 3 heteroatoms. The van der Waals surface area contributed by atoms with Crippen LogP contribution in [0.1, 0.15) is 13.8 Å². The number of hydrogen-bond donors (Lipinski definition) is 1. The Labute approximate surface area is 84.9 Å². The van der Waals surface area contributed by atoms with E-state index in [-0.39, 0.29) is 0 Å². The molecule has 0 atom stereocenters. The number of benzene rings is 1. The van der Waals surface area contributed by atoms with Crippen LogP contribution in [0.4, 0.5) is 5.69 Å². The van der Waals surface area contributed by atoms with Crippen molar-refractivity contribution in [1.29, 1.82) is 0 Å². The molecule has 0 bridgehead atoms. The zero-order chi connectivity index (χ0) is 10.3. The highest BCUT2D eigenvalue weighted by atomic mass is 35.5. The van der Waals surface area contributed by atoms with Gasteiger partial charge >= 0.3 is 0 Å². The van der Waals surface area contributed by atoms with Crippen molar-refractivity contribution in [2.75, 3.05) is 19.5 Å². The molecule has 1 aromatic rings. The second-order valence-corrected chi connectivity index (χ2v) is 2.50. The molecule has 0 saturated heterocycles. The molecule has 1 aromatic carbocycles. The van der Waals surface area contributed by atoms with Gasteiger partial charge in [-0.15, -0.1) is 0 Å². The predicted molar refractivity (Wildman–Crippen MR) is 58.9 cm³/mol. The molecular weight excluding hydrogens is 186 g/mol. The lowest BCUT2D eigenvalue weighted by Gasteiger charge is -2.04. The fourth-order valence-corrected chi connectivity index (χ4v) is 1.09. The Morgan fingerprint density at radius 2 is 1.92 bits per heavy atom. The predicted octanol–water partition coefficient (Wildman–Crippen LogP) is 3.42. The van der Waals surface area contributed by atoms with Crippen LogP contribution in [0, 0.1) is 0 Å². The Morgan fingerprint density at radius 1 is 1.31 bits per heavy atom. The zero-order valence-corrected chi connectivity index (χ0v) is 9.27. The maximum Gasteiger partial charge on any atom is 0.120 e. The number of rotatable bonds is 2. The minimum atomic E-state index is 0.673. The second-order valence-electron chi connectivity index (χ2n) is 2.10. The first kappa shape index (κ1) is 12.1. The normalized spacial score (nSPS) is 8.38. The molecule has 13 heavy (non-hydrogen) atoms. The van der Waals surface area contributed by atoms with Gasteiger partial charge in [-0.05, 0) is 12.1 Å². The zero-order valence-electron chi connectivity index (χ0n) is 8.52. The molecule has 1 N–H and O–H groups in total. The first-order valence-electron chi connectivity index (χ1n) is 4.29. The Morgan fingerprint density at radius 3 is 2.31 bits per heavy atom. The van der Waals surface area contributed by atoms with Gasteiger partial charge in [0.05, 0.1) is 17.8 Å². The van der Waals surface area contributed by atoms with E-state index >= 15 is 0 Å². The van der Waals surface area contributed by atoms with Crippen LogP contribution in [0.15, 0.2) is 18.2 Å². The van der Waals surface area contributed by atoms with Crippen LogP contribution in [0.2, 0.25) is 5.02 Å². The van der Waals surface area contributed by atoms with E-state index < -0.39 is 0 Å². The molecule has 0 radical (unpaired) electrons. The molecular formula is C10H16ClNO. The van der Waals surface area contributed by atoms with Crippen LogP contribution in [0.3, 0.4) is 0 Å². The topological polar surface area (TPSA) is 21.3 Å². The van der Waals surface area contributed by atoms with Crippen molar-refractivity contribution in [3.05, 3.63) is 23.2 Å². The van der Waals surface area contributed by atoms with Crippen molar-refractivity contribution in [2.24, 2.45) is 0 Å². The van der Waals surface area contributed by atoms with E-state index in [1.54, 1.807) is 13.2 Å². The highest BCUT2D eigenvalue weighted by Crippen LogP contribution is 2.25. The average Bonchev–Trinajstić information content (AvgIpc) is 2.20. The van der Waals surface area contributed by atoms with Crippen LogP contribution in [0.25, 0.3) is 0 Å². The van der Waals surface area contributed by atoms with E-state index in [2.05, 4.69) is 5.32 Å².